The first-order valence-corrected chi connectivity index (χ1v) is 7.32. The van der Waals surface area contributed by atoms with Crippen LogP contribution in [0.1, 0.15) is 38.2 Å². The van der Waals surface area contributed by atoms with E-state index in [1.54, 1.807) is 0 Å². The van der Waals surface area contributed by atoms with Gasteiger partial charge in [0.15, 0.2) is 0 Å². The quantitative estimate of drug-likeness (QED) is 0.898. The lowest BCUT2D eigenvalue weighted by atomic mass is 9.92. The number of hydrogen-bond acceptors (Lipinski definition) is 3. The second-order valence-electron chi connectivity index (χ2n) is 5.74. The van der Waals surface area contributed by atoms with E-state index in [-0.39, 0.29) is 24.2 Å². The predicted octanol–water partition coefficient (Wildman–Crippen LogP) is 2.92. The summed E-state index contributed by atoms with van der Waals surface area (Å²) in [6.45, 7) is 5.67. The standard InChI is InChI=1S/C16H24N2O2.ClH/c1-11(2)13-4-3-5-14(10-13)18-16(19)15(17)12-6-8-20-9-7-12;/h3-5,10-12,15H,6-9,17H2,1-2H3,(H,18,19);1H. The minimum atomic E-state index is -0.457. The Morgan fingerprint density at radius 3 is 2.62 bits per heavy atom. The molecule has 0 aliphatic carbocycles. The summed E-state index contributed by atoms with van der Waals surface area (Å²) in [5.41, 5.74) is 8.10. The van der Waals surface area contributed by atoms with Gasteiger partial charge in [0.25, 0.3) is 0 Å². The summed E-state index contributed by atoms with van der Waals surface area (Å²) < 4.78 is 5.30. The van der Waals surface area contributed by atoms with Crippen LogP contribution >= 0.6 is 12.4 Å². The topological polar surface area (TPSA) is 64.4 Å². The summed E-state index contributed by atoms with van der Waals surface area (Å²) in [6.07, 6.45) is 1.72. The third-order valence-electron chi connectivity index (χ3n) is 3.90. The van der Waals surface area contributed by atoms with Gasteiger partial charge in [0, 0.05) is 18.9 Å². The van der Waals surface area contributed by atoms with Crippen molar-refractivity contribution < 1.29 is 9.53 Å². The number of carbonyl (C=O) groups is 1. The number of rotatable bonds is 4. The number of nitrogens with one attached hydrogen (secondary N) is 1. The largest absolute Gasteiger partial charge is 0.381 e. The average molecular weight is 313 g/mol. The van der Waals surface area contributed by atoms with Gasteiger partial charge in [-0.15, -0.1) is 12.4 Å². The van der Waals surface area contributed by atoms with Crippen molar-refractivity contribution in [3.63, 3.8) is 0 Å². The van der Waals surface area contributed by atoms with Crippen LogP contribution in [0.15, 0.2) is 24.3 Å². The molecule has 21 heavy (non-hydrogen) atoms. The van der Waals surface area contributed by atoms with Crippen molar-refractivity contribution in [2.24, 2.45) is 11.7 Å². The van der Waals surface area contributed by atoms with Crippen LogP contribution in [0.3, 0.4) is 0 Å². The van der Waals surface area contributed by atoms with Crippen molar-refractivity contribution in [3.8, 4) is 0 Å². The first-order valence-electron chi connectivity index (χ1n) is 7.32. The van der Waals surface area contributed by atoms with Crippen LogP contribution in [0.4, 0.5) is 5.69 Å². The van der Waals surface area contributed by atoms with Crippen molar-refractivity contribution >= 4 is 24.0 Å². The van der Waals surface area contributed by atoms with E-state index in [4.69, 9.17) is 10.5 Å². The second kappa shape index (κ2) is 8.37. The van der Waals surface area contributed by atoms with Crippen LogP contribution in [0, 0.1) is 5.92 Å². The molecule has 1 heterocycles. The molecule has 1 aromatic carbocycles. The molecule has 4 nitrogen and oxygen atoms in total. The van der Waals surface area contributed by atoms with E-state index in [9.17, 15) is 4.79 Å². The molecule has 1 aliphatic rings. The summed E-state index contributed by atoms with van der Waals surface area (Å²) in [5, 5.41) is 2.93. The Kier molecular flexibility index (Phi) is 7.15. The lowest BCUT2D eigenvalue weighted by Crippen LogP contribution is -2.44. The van der Waals surface area contributed by atoms with E-state index in [1.165, 1.54) is 5.56 Å². The zero-order valence-electron chi connectivity index (χ0n) is 12.7. The molecule has 2 rings (SSSR count). The molecule has 1 fully saturated rings. The van der Waals surface area contributed by atoms with E-state index in [0.29, 0.717) is 19.1 Å². The molecular formula is C16H25ClN2O2. The van der Waals surface area contributed by atoms with Gasteiger partial charge < -0.3 is 15.8 Å². The van der Waals surface area contributed by atoms with E-state index in [2.05, 4.69) is 25.2 Å². The van der Waals surface area contributed by atoms with Crippen molar-refractivity contribution in [2.75, 3.05) is 18.5 Å². The van der Waals surface area contributed by atoms with Crippen LogP contribution in [-0.2, 0) is 9.53 Å². The molecule has 118 valence electrons. The Labute approximate surface area is 132 Å². The fourth-order valence-electron chi connectivity index (χ4n) is 2.49. The molecule has 0 saturated carbocycles. The van der Waals surface area contributed by atoms with Gasteiger partial charge in [-0.25, -0.2) is 0 Å². The maximum atomic E-state index is 12.2. The van der Waals surface area contributed by atoms with Gasteiger partial charge in [0.1, 0.15) is 0 Å². The zero-order valence-corrected chi connectivity index (χ0v) is 13.5. The summed E-state index contributed by atoms with van der Waals surface area (Å²) in [4.78, 5) is 12.2. The third kappa shape index (κ3) is 4.99. The maximum Gasteiger partial charge on any atom is 0.241 e. The van der Waals surface area contributed by atoms with E-state index in [1.807, 2.05) is 18.2 Å². The molecule has 1 unspecified atom stereocenters. The Morgan fingerprint density at radius 2 is 2.00 bits per heavy atom. The van der Waals surface area contributed by atoms with Gasteiger partial charge in [-0.1, -0.05) is 26.0 Å². The molecule has 1 amide bonds. The molecule has 1 aromatic rings. The Balaban J connectivity index is 0.00000220. The SMILES string of the molecule is CC(C)c1cccc(NC(=O)C(N)C2CCOCC2)c1.Cl. The molecule has 1 saturated heterocycles. The van der Waals surface area contributed by atoms with Crippen LogP contribution in [0.2, 0.25) is 0 Å². The van der Waals surface area contributed by atoms with Crippen molar-refractivity contribution in [1.29, 1.82) is 0 Å². The normalized spacial score (nSPS) is 17.1. The fraction of sp³-hybridized carbons (Fsp3) is 0.562. The van der Waals surface area contributed by atoms with Gasteiger partial charge in [-0.2, -0.15) is 0 Å². The van der Waals surface area contributed by atoms with Gasteiger partial charge in [0.05, 0.1) is 6.04 Å². The third-order valence-corrected chi connectivity index (χ3v) is 3.90. The smallest absolute Gasteiger partial charge is 0.241 e. The first-order chi connectivity index (χ1) is 9.58. The number of amides is 1. The average Bonchev–Trinajstić information content (AvgIpc) is 2.47. The highest BCUT2D eigenvalue weighted by molar-refractivity contribution is 5.95. The van der Waals surface area contributed by atoms with Crippen LogP contribution < -0.4 is 11.1 Å². The lowest BCUT2D eigenvalue weighted by molar-refractivity contribution is -0.119. The Hall–Kier alpha value is -1.10. The van der Waals surface area contributed by atoms with Crippen LogP contribution in [0.5, 0.6) is 0 Å². The maximum absolute atomic E-state index is 12.2. The summed E-state index contributed by atoms with van der Waals surface area (Å²) in [5.74, 6) is 0.561. The van der Waals surface area contributed by atoms with Crippen molar-refractivity contribution in [1.82, 2.24) is 0 Å². The molecule has 0 radical (unpaired) electrons. The number of hydrogen-bond donors (Lipinski definition) is 2. The van der Waals surface area contributed by atoms with Crippen LogP contribution in [0.25, 0.3) is 0 Å². The van der Waals surface area contributed by atoms with E-state index < -0.39 is 6.04 Å². The lowest BCUT2D eigenvalue weighted by Gasteiger charge is -2.26. The van der Waals surface area contributed by atoms with Gasteiger partial charge in [0.2, 0.25) is 5.91 Å². The molecular weight excluding hydrogens is 288 g/mol. The summed E-state index contributed by atoms with van der Waals surface area (Å²) in [7, 11) is 0. The fourth-order valence-corrected chi connectivity index (χ4v) is 2.49. The molecule has 1 atom stereocenters. The van der Waals surface area contributed by atoms with Crippen molar-refractivity contribution in [3.05, 3.63) is 29.8 Å². The summed E-state index contributed by atoms with van der Waals surface area (Å²) in [6, 6.07) is 7.49. The highest BCUT2D eigenvalue weighted by Gasteiger charge is 2.26. The van der Waals surface area contributed by atoms with Gasteiger partial charge in [-0.3, -0.25) is 4.79 Å². The van der Waals surface area contributed by atoms with Gasteiger partial charge in [-0.05, 0) is 42.4 Å². The van der Waals surface area contributed by atoms with Gasteiger partial charge >= 0.3 is 0 Å². The molecule has 0 aromatic heterocycles. The molecule has 3 N–H and O–H groups in total. The number of nitrogens with two attached hydrogens (primary N) is 1. The Bertz CT molecular complexity index is 459. The highest BCUT2D eigenvalue weighted by atomic mass is 35.5. The van der Waals surface area contributed by atoms with E-state index >= 15 is 0 Å². The molecule has 0 bridgehead atoms. The zero-order chi connectivity index (χ0) is 14.5. The highest BCUT2D eigenvalue weighted by Crippen LogP contribution is 2.21. The number of halogens is 1. The number of benzene rings is 1. The molecule has 5 heteroatoms. The first kappa shape index (κ1) is 18.0. The Morgan fingerprint density at radius 1 is 1.33 bits per heavy atom. The minimum Gasteiger partial charge on any atom is -0.381 e. The van der Waals surface area contributed by atoms with Crippen LogP contribution in [-0.4, -0.2) is 25.2 Å². The summed E-state index contributed by atoms with van der Waals surface area (Å²) >= 11 is 0. The second-order valence-corrected chi connectivity index (χ2v) is 5.74. The van der Waals surface area contributed by atoms with Crippen molar-refractivity contribution in [2.45, 2.75) is 38.6 Å². The number of anilines is 1. The predicted molar refractivity (Wildman–Crippen MR) is 87.9 cm³/mol. The molecule has 0 spiro atoms. The monoisotopic (exact) mass is 312 g/mol. The molecule has 1 aliphatic heterocycles. The number of carbonyl (C=O) groups excluding carboxylic acids is 1. The van der Waals surface area contributed by atoms with E-state index in [0.717, 1.165) is 18.5 Å². The number of ether oxygens (including phenoxy) is 1. The minimum absolute atomic E-state index is 0.